The Bertz CT molecular complexity index is 596. The Balaban J connectivity index is 0.000000161. The fraction of sp³-hybridized carbons (Fsp3) is 0.652. The van der Waals surface area contributed by atoms with Crippen molar-refractivity contribution in [3.63, 3.8) is 0 Å². The van der Waals surface area contributed by atoms with Crippen LogP contribution in [0.4, 0.5) is 5.82 Å². The number of amides is 1. The van der Waals surface area contributed by atoms with Crippen molar-refractivity contribution in [3.05, 3.63) is 36.5 Å². The highest BCUT2D eigenvalue weighted by Crippen LogP contribution is 2.21. The number of piperazine rings is 1. The molecule has 4 rings (SSSR count). The van der Waals surface area contributed by atoms with Crippen molar-refractivity contribution in [1.82, 2.24) is 15.2 Å². The van der Waals surface area contributed by atoms with Crippen molar-refractivity contribution < 1.29 is 4.79 Å². The molecule has 0 atom stereocenters. The molecule has 0 bridgehead atoms. The van der Waals surface area contributed by atoms with Gasteiger partial charge in [0.25, 0.3) is 0 Å². The summed E-state index contributed by atoms with van der Waals surface area (Å²) >= 11 is 0. The number of rotatable bonds is 4. The summed E-state index contributed by atoms with van der Waals surface area (Å²) in [4.78, 5) is 20.9. The van der Waals surface area contributed by atoms with Crippen LogP contribution in [-0.4, -0.2) is 54.6 Å². The smallest absolute Gasteiger partial charge is 0.223 e. The van der Waals surface area contributed by atoms with Gasteiger partial charge >= 0.3 is 0 Å². The molecule has 1 aromatic rings. The molecular weight excluding hydrogens is 348 g/mol. The van der Waals surface area contributed by atoms with Crippen LogP contribution in [0.2, 0.25) is 0 Å². The van der Waals surface area contributed by atoms with E-state index in [-0.39, 0.29) is 11.8 Å². The van der Waals surface area contributed by atoms with E-state index >= 15 is 0 Å². The number of hydrogen-bond donors (Lipinski definition) is 1. The van der Waals surface area contributed by atoms with Gasteiger partial charge in [-0.1, -0.05) is 44.4 Å². The summed E-state index contributed by atoms with van der Waals surface area (Å²) in [6.45, 7) is 7.91. The van der Waals surface area contributed by atoms with Crippen LogP contribution in [0, 0.1) is 5.92 Å². The van der Waals surface area contributed by atoms with Gasteiger partial charge in [-0.2, -0.15) is 0 Å². The second-order valence-electron chi connectivity index (χ2n) is 8.09. The molecule has 0 aromatic carbocycles. The standard InChI is InChI=1S/C12H19NO.C11H17N3/c14-12(10-6-4-5-7-10)13-11-8-2-1-3-9-11;1-2-13-7-9-14(10-8-13)11-5-3-4-6-12-11/h4-5,10-11H,1-3,6-9H2,(H,13,14);3-6H,2,7-10H2,1H3. The van der Waals surface area contributed by atoms with E-state index < -0.39 is 0 Å². The van der Waals surface area contributed by atoms with E-state index in [1.54, 1.807) is 0 Å². The molecule has 0 spiro atoms. The lowest BCUT2D eigenvalue weighted by Gasteiger charge is -2.34. The fourth-order valence-corrected chi connectivity index (χ4v) is 4.23. The molecule has 5 heteroatoms. The van der Waals surface area contributed by atoms with E-state index in [4.69, 9.17) is 0 Å². The Morgan fingerprint density at radius 1 is 1.07 bits per heavy atom. The van der Waals surface area contributed by atoms with Gasteiger partial charge in [0.05, 0.1) is 0 Å². The number of anilines is 1. The minimum Gasteiger partial charge on any atom is -0.354 e. The SMILES string of the molecule is CCN1CCN(c2ccccn2)CC1.O=C(NC1CCCCC1)C1CC=CC1. The van der Waals surface area contributed by atoms with E-state index in [2.05, 4.69) is 51.3 Å². The van der Waals surface area contributed by atoms with E-state index in [1.807, 2.05) is 12.3 Å². The topological polar surface area (TPSA) is 48.5 Å². The molecule has 5 nitrogen and oxygen atoms in total. The predicted molar refractivity (Wildman–Crippen MR) is 115 cm³/mol. The summed E-state index contributed by atoms with van der Waals surface area (Å²) in [5, 5.41) is 3.18. The van der Waals surface area contributed by atoms with Gasteiger partial charge < -0.3 is 15.1 Å². The maximum Gasteiger partial charge on any atom is 0.223 e. The van der Waals surface area contributed by atoms with Gasteiger partial charge in [-0.15, -0.1) is 0 Å². The van der Waals surface area contributed by atoms with Crippen LogP contribution in [0.1, 0.15) is 51.9 Å². The summed E-state index contributed by atoms with van der Waals surface area (Å²) < 4.78 is 0. The lowest BCUT2D eigenvalue weighted by atomic mass is 9.94. The first-order chi connectivity index (χ1) is 13.8. The summed E-state index contributed by atoms with van der Waals surface area (Å²) in [7, 11) is 0. The van der Waals surface area contributed by atoms with E-state index in [0.717, 1.165) is 51.4 Å². The highest BCUT2D eigenvalue weighted by Gasteiger charge is 2.22. The number of likely N-dealkylation sites (N-methyl/N-ethyl adjacent to an activating group) is 1. The van der Waals surface area contributed by atoms with Gasteiger partial charge in [-0.3, -0.25) is 4.79 Å². The number of allylic oxidation sites excluding steroid dienone is 2. The number of nitrogens with zero attached hydrogens (tertiary/aromatic N) is 3. The predicted octanol–water partition coefficient (Wildman–Crippen LogP) is 3.63. The average Bonchev–Trinajstić information content (AvgIpc) is 3.31. The third kappa shape index (κ3) is 6.33. The Labute approximate surface area is 170 Å². The van der Waals surface area contributed by atoms with Crippen LogP contribution in [-0.2, 0) is 4.79 Å². The molecule has 1 N–H and O–H groups in total. The Morgan fingerprint density at radius 3 is 2.39 bits per heavy atom. The second kappa shape index (κ2) is 11.2. The zero-order valence-corrected chi connectivity index (χ0v) is 17.4. The molecule has 154 valence electrons. The minimum atomic E-state index is 0.233. The van der Waals surface area contributed by atoms with Crippen molar-refractivity contribution in [2.45, 2.75) is 57.9 Å². The van der Waals surface area contributed by atoms with Crippen molar-refractivity contribution in [3.8, 4) is 0 Å². The maximum absolute atomic E-state index is 11.8. The Morgan fingerprint density at radius 2 is 1.79 bits per heavy atom. The summed E-state index contributed by atoms with van der Waals surface area (Å²) in [6.07, 6.45) is 14.3. The van der Waals surface area contributed by atoms with E-state index in [0.29, 0.717) is 6.04 Å². The number of hydrogen-bond acceptors (Lipinski definition) is 4. The maximum atomic E-state index is 11.8. The van der Waals surface area contributed by atoms with Crippen molar-refractivity contribution >= 4 is 11.7 Å². The third-order valence-electron chi connectivity index (χ3n) is 6.12. The molecule has 28 heavy (non-hydrogen) atoms. The van der Waals surface area contributed by atoms with Gasteiger partial charge in [-0.25, -0.2) is 4.98 Å². The van der Waals surface area contributed by atoms with E-state index in [1.165, 1.54) is 32.1 Å². The van der Waals surface area contributed by atoms with Crippen LogP contribution in [0.5, 0.6) is 0 Å². The number of nitrogens with one attached hydrogen (secondary N) is 1. The molecular formula is C23H36N4O. The highest BCUT2D eigenvalue weighted by atomic mass is 16.1. The average molecular weight is 385 g/mol. The molecule has 0 unspecified atom stereocenters. The first-order valence-electron chi connectivity index (χ1n) is 11.1. The van der Waals surface area contributed by atoms with Gasteiger partial charge in [0, 0.05) is 44.3 Å². The van der Waals surface area contributed by atoms with Crippen LogP contribution in [0.25, 0.3) is 0 Å². The van der Waals surface area contributed by atoms with Crippen LogP contribution < -0.4 is 10.2 Å². The minimum absolute atomic E-state index is 0.233. The zero-order valence-electron chi connectivity index (χ0n) is 17.4. The highest BCUT2D eigenvalue weighted by molar-refractivity contribution is 5.79. The Hall–Kier alpha value is -1.88. The Kier molecular flexibility index (Phi) is 8.34. The van der Waals surface area contributed by atoms with Crippen LogP contribution in [0.15, 0.2) is 36.5 Å². The molecule has 3 aliphatic rings. The third-order valence-corrected chi connectivity index (χ3v) is 6.12. The number of carbonyl (C=O) groups is 1. The first-order valence-corrected chi connectivity index (χ1v) is 11.1. The monoisotopic (exact) mass is 384 g/mol. The second-order valence-corrected chi connectivity index (χ2v) is 8.09. The normalized spacial score (nSPS) is 21.2. The molecule has 2 aliphatic carbocycles. The molecule has 1 aromatic heterocycles. The molecule has 2 heterocycles. The molecule has 0 radical (unpaired) electrons. The van der Waals surface area contributed by atoms with Gasteiger partial charge in [0.1, 0.15) is 5.82 Å². The van der Waals surface area contributed by atoms with Crippen molar-refractivity contribution in [2.75, 3.05) is 37.6 Å². The summed E-state index contributed by atoms with van der Waals surface area (Å²) in [5.41, 5.74) is 0. The molecule has 1 amide bonds. The number of pyridine rings is 1. The molecule has 1 saturated heterocycles. The molecule has 2 fully saturated rings. The quantitative estimate of drug-likeness (QED) is 0.806. The molecule has 1 saturated carbocycles. The number of aromatic nitrogens is 1. The number of carbonyl (C=O) groups excluding carboxylic acids is 1. The lowest BCUT2D eigenvalue weighted by Crippen LogP contribution is -2.46. The van der Waals surface area contributed by atoms with Crippen LogP contribution >= 0.6 is 0 Å². The first kappa shape index (κ1) is 20.8. The van der Waals surface area contributed by atoms with Gasteiger partial charge in [0.15, 0.2) is 0 Å². The van der Waals surface area contributed by atoms with Crippen molar-refractivity contribution in [1.29, 1.82) is 0 Å². The van der Waals surface area contributed by atoms with Gasteiger partial charge in [0.2, 0.25) is 5.91 Å². The van der Waals surface area contributed by atoms with Crippen LogP contribution in [0.3, 0.4) is 0 Å². The van der Waals surface area contributed by atoms with Gasteiger partial charge in [-0.05, 0) is 44.4 Å². The fourth-order valence-electron chi connectivity index (χ4n) is 4.23. The summed E-state index contributed by atoms with van der Waals surface area (Å²) in [6, 6.07) is 6.57. The largest absolute Gasteiger partial charge is 0.354 e. The van der Waals surface area contributed by atoms with E-state index in [9.17, 15) is 4.79 Å². The van der Waals surface area contributed by atoms with Crippen molar-refractivity contribution in [2.24, 2.45) is 5.92 Å². The summed E-state index contributed by atoms with van der Waals surface area (Å²) in [5.74, 6) is 1.63. The lowest BCUT2D eigenvalue weighted by molar-refractivity contribution is -0.125. The molecule has 1 aliphatic heterocycles. The zero-order chi connectivity index (χ0) is 19.6.